The molecule has 0 heterocycles. The summed E-state index contributed by atoms with van der Waals surface area (Å²) in [6.07, 6.45) is 6.73. The van der Waals surface area contributed by atoms with Gasteiger partial charge in [0.25, 0.3) is 0 Å². The number of hydrogen-bond acceptors (Lipinski definition) is 2. The molecule has 1 fully saturated rings. The molecule has 98 valence electrons. The molecule has 17 heavy (non-hydrogen) atoms. The molecular formula is C14H25NO2. The van der Waals surface area contributed by atoms with Crippen molar-refractivity contribution >= 4 is 11.7 Å². The van der Waals surface area contributed by atoms with Crippen molar-refractivity contribution in [1.82, 2.24) is 5.32 Å². The van der Waals surface area contributed by atoms with E-state index in [9.17, 15) is 9.59 Å². The zero-order valence-electron chi connectivity index (χ0n) is 11.3. The van der Waals surface area contributed by atoms with Crippen LogP contribution in [0.4, 0.5) is 0 Å². The number of carbonyl (C=O) groups excluding carboxylic acids is 2. The molecule has 0 spiro atoms. The standard InChI is InChI=1S/C14H25NO2/c1-14(2,3)12(16)10-15-13(17)9-8-11-6-4-5-7-11/h11H,4-10H2,1-3H3,(H,15,17). The first-order valence-corrected chi connectivity index (χ1v) is 6.69. The van der Waals surface area contributed by atoms with Crippen LogP contribution in [0.25, 0.3) is 0 Å². The molecule has 1 amide bonds. The molecule has 0 aliphatic heterocycles. The lowest BCUT2D eigenvalue weighted by atomic mass is 9.91. The van der Waals surface area contributed by atoms with Gasteiger partial charge >= 0.3 is 0 Å². The van der Waals surface area contributed by atoms with Gasteiger partial charge in [-0.2, -0.15) is 0 Å². The van der Waals surface area contributed by atoms with E-state index in [-0.39, 0.29) is 23.7 Å². The van der Waals surface area contributed by atoms with Crippen LogP contribution >= 0.6 is 0 Å². The third-order valence-electron chi connectivity index (χ3n) is 3.54. The minimum absolute atomic E-state index is 0.0227. The van der Waals surface area contributed by atoms with Gasteiger partial charge in [-0.15, -0.1) is 0 Å². The number of ketones is 1. The number of amides is 1. The van der Waals surface area contributed by atoms with E-state index in [0.717, 1.165) is 12.3 Å². The van der Waals surface area contributed by atoms with E-state index < -0.39 is 0 Å². The van der Waals surface area contributed by atoms with Crippen molar-refractivity contribution in [2.24, 2.45) is 11.3 Å². The van der Waals surface area contributed by atoms with Gasteiger partial charge in [-0.1, -0.05) is 46.5 Å². The zero-order valence-corrected chi connectivity index (χ0v) is 11.3. The van der Waals surface area contributed by atoms with Crippen LogP contribution in [0.3, 0.4) is 0 Å². The summed E-state index contributed by atoms with van der Waals surface area (Å²) < 4.78 is 0. The summed E-state index contributed by atoms with van der Waals surface area (Å²) in [5, 5.41) is 2.72. The number of rotatable bonds is 5. The molecule has 1 aliphatic carbocycles. The Morgan fingerprint density at radius 1 is 1.18 bits per heavy atom. The highest BCUT2D eigenvalue weighted by Gasteiger charge is 2.21. The minimum Gasteiger partial charge on any atom is -0.349 e. The number of Topliss-reactive ketones (excluding diaryl/α,β-unsaturated/α-hetero) is 1. The number of carbonyl (C=O) groups is 2. The Morgan fingerprint density at radius 3 is 2.29 bits per heavy atom. The van der Waals surface area contributed by atoms with Crippen molar-refractivity contribution in [2.45, 2.75) is 59.3 Å². The number of nitrogens with one attached hydrogen (secondary N) is 1. The van der Waals surface area contributed by atoms with E-state index in [1.807, 2.05) is 20.8 Å². The van der Waals surface area contributed by atoms with E-state index in [0.29, 0.717) is 6.42 Å². The fourth-order valence-corrected chi connectivity index (χ4v) is 2.17. The maximum atomic E-state index is 11.6. The predicted molar refractivity (Wildman–Crippen MR) is 68.7 cm³/mol. The lowest BCUT2D eigenvalue weighted by Crippen LogP contribution is -2.35. The molecule has 0 radical (unpaired) electrons. The van der Waals surface area contributed by atoms with Crippen molar-refractivity contribution in [3.05, 3.63) is 0 Å². The van der Waals surface area contributed by atoms with Gasteiger partial charge in [0.1, 0.15) is 0 Å². The van der Waals surface area contributed by atoms with Gasteiger partial charge in [-0.25, -0.2) is 0 Å². The van der Waals surface area contributed by atoms with Crippen molar-refractivity contribution in [1.29, 1.82) is 0 Å². The second-order valence-electron chi connectivity index (χ2n) is 6.14. The molecule has 1 N–H and O–H groups in total. The predicted octanol–water partition coefficient (Wildman–Crippen LogP) is 2.69. The molecule has 1 rings (SSSR count). The molecule has 0 atom stereocenters. The number of hydrogen-bond donors (Lipinski definition) is 1. The first-order chi connectivity index (χ1) is 7.89. The monoisotopic (exact) mass is 239 g/mol. The fraction of sp³-hybridized carbons (Fsp3) is 0.857. The summed E-state index contributed by atoms with van der Waals surface area (Å²) in [7, 11) is 0. The molecule has 0 saturated heterocycles. The van der Waals surface area contributed by atoms with Gasteiger partial charge in [0.05, 0.1) is 6.54 Å². The van der Waals surface area contributed by atoms with Gasteiger partial charge in [0.15, 0.2) is 5.78 Å². The van der Waals surface area contributed by atoms with Crippen LogP contribution in [0.1, 0.15) is 59.3 Å². The molecule has 0 bridgehead atoms. The second kappa shape index (κ2) is 6.18. The third kappa shape index (κ3) is 5.33. The summed E-state index contributed by atoms with van der Waals surface area (Å²) >= 11 is 0. The highest BCUT2D eigenvalue weighted by Crippen LogP contribution is 2.28. The van der Waals surface area contributed by atoms with Gasteiger partial charge in [-0.05, 0) is 12.3 Å². The van der Waals surface area contributed by atoms with Crippen LogP contribution in [0, 0.1) is 11.3 Å². The van der Waals surface area contributed by atoms with E-state index in [1.165, 1.54) is 25.7 Å². The lowest BCUT2D eigenvalue weighted by molar-refractivity contribution is -0.129. The Labute approximate surface area is 104 Å². The Balaban J connectivity index is 2.14. The van der Waals surface area contributed by atoms with Gasteiger partial charge < -0.3 is 5.32 Å². The average Bonchev–Trinajstić information content (AvgIpc) is 2.74. The molecule has 3 heteroatoms. The minimum atomic E-state index is -0.362. The Kier molecular flexibility index (Phi) is 5.16. The first-order valence-electron chi connectivity index (χ1n) is 6.69. The second-order valence-corrected chi connectivity index (χ2v) is 6.14. The van der Waals surface area contributed by atoms with Crippen molar-refractivity contribution < 1.29 is 9.59 Å². The largest absolute Gasteiger partial charge is 0.349 e. The molecule has 0 unspecified atom stereocenters. The molecule has 0 aromatic heterocycles. The van der Waals surface area contributed by atoms with Gasteiger partial charge in [0.2, 0.25) is 5.91 Å². The average molecular weight is 239 g/mol. The summed E-state index contributed by atoms with van der Waals surface area (Å²) in [6, 6.07) is 0. The molecule has 1 aliphatic rings. The van der Waals surface area contributed by atoms with Crippen molar-refractivity contribution in [3.63, 3.8) is 0 Å². The van der Waals surface area contributed by atoms with Crippen LogP contribution in [0.15, 0.2) is 0 Å². The maximum Gasteiger partial charge on any atom is 0.220 e. The molecule has 0 aromatic carbocycles. The van der Waals surface area contributed by atoms with Crippen LogP contribution in [-0.4, -0.2) is 18.2 Å². The van der Waals surface area contributed by atoms with Crippen molar-refractivity contribution in [2.75, 3.05) is 6.54 Å². The summed E-state index contributed by atoms with van der Waals surface area (Å²) in [6.45, 7) is 5.80. The normalized spacial score (nSPS) is 17.1. The summed E-state index contributed by atoms with van der Waals surface area (Å²) in [4.78, 5) is 23.2. The quantitative estimate of drug-likeness (QED) is 0.801. The van der Waals surface area contributed by atoms with Gasteiger partial charge in [-0.3, -0.25) is 9.59 Å². The van der Waals surface area contributed by atoms with Gasteiger partial charge in [0, 0.05) is 11.8 Å². The van der Waals surface area contributed by atoms with Crippen LogP contribution < -0.4 is 5.32 Å². The van der Waals surface area contributed by atoms with E-state index >= 15 is 0 Å². The SMILES string of the molecule is CC(C)(C)C(=O)CNC(=O)CCC1CCCC1. The Morgan fingerprint density at radius 2 is 1.76 bits per heavy atom. The Bertz CT molecular complexity index is 272. The first kappa shape index (κ1) is 14.2. The van der Waals surface area contributed by atoms with E-state index in [4.69, 9.17) is 0 Å². The van der Waals surface area contributed by atoms with E-state index in [1.54, 1.807) is 0 Å². The Hall–Kier alpha value is -0.860. The zero-order chi connectivity index (χ0) is 12.9. The summed E-state index contributed by atoms with van der Waals surface area (Å²) in [5.74, 6) is 0.847. The molecule has 3 nitrogen and oxygen atoms in total. The third-order valence-corrected chi connectivity index (χ3v) is 3.54. The van der Waals surface area contributed by atoms with Crippen molar-refractivity contribution in [3.8, 4) is 0 Å². The maximum absolute atomic E-state index is 11.6. The summed E-state index contributed by atoms with van der Waals surface area (Å²) in [5.41, 5.74) is -0.362. The van der Waals surface area contributed by atoms with Crippen LogP contribution in [-0.2, 0) is 9.59 Å². The highest BCUT2D eigenvalue weighted by atomic mass is 16.2. The van der Waals surface area contributed by atoms with E-state index in [2.05, 4.69) is 5.32 Å². The molecule has 0 aromatic rings. The van der Waals surface area contributed by atoms with Crippen LogP contribution in [0.2, 0.25) is 0 Å². The smallest absolute Gasteiger partial charge is 0.220 e. The highest BCUT2D eigenvalue weighted by molar-refractivity contribution is 5.89. The topological polar surface area (TPSA) is 46.2 Å². The van der Waals surface area contributed by atoms with Crippen LogP contribution in [0.5, 0.6) is 0 Å². The fourth-order valence-electron chi connectivity index (χ4n) is 2.17. The molecular weight excluding hydrogens is 214 g/mol. The molecule has 1 saturated carbocycles. The lowest BCUT2D eigenvalue weighted by Gasteiger charge is -2.17.